The van der Waals surface area contributed by atoms with Crippen molar-refractivity contribution >= 4 is 29.0 Å². The Morgan fingerprint density at radius 1 is 1.12 bits per heavy atom. The first-order chi connectivity index (χ1) is 15.3. The largest absolute Gasteiger partial charge is 0.493 e. The number of amides is 1. The van der Waals surface area contributed by atoms with Crippen LogP contribution >= 0.6 is 11.3 Å². The summed E-state index contributed by atoms with van der Waals surface area (Å²) in [7, 11) is 3.14. The van der Waals surface area contributed by atoms with Crippen molar-refractivity contribution in [3.05, 3.63) is 41.5 Å². The third-order valence-electron chi connectivity index (χ3n) is 4.60. The van der Waals surface area contributed by atoms with Gasteiger partial charge in [0.2, 0.25) is 0 Å². The molecule has 2 aromatic heterocycles. The van der Waals surface area contributed by atoms with E-state index in [1.807, 2.05) is 26.0 Å². The highest BCUT2D eigenvalue weighted by Gasteiger charge is 2.21. The van der Waals surface area contributed by atoms with E-state index in [4.69, 9.17) is 14.2 Å². The Labute approximate surface area is 190 Å². The van der Waals surface area contributed by atoms with Crippen LogP contribution in [0.2, 0.25) is 0 Å². The molecule has 0 radical (unpaired) electrons. The number of nitrogens with one attached hydrogen (secondary N) is 1. The number of benzene rings is 1. The molecule has 0 fully saturated rings. The SMILES string of the molecule is COc1ccc(-c2nc(CC(=O)OC(C)C(=O)Nc3ccnn3C(C)C)cs2)cc1OC. The summed E-state index contributed by atoms with van der Waals surface area (Å²) in [4.78, 5) is 29.3. The van der Waals surface area contributed by atoms with Gasteiger partial charge < -0.3 is 19.5 Å². The predicted molar refractivity (Wildman–Crippen MR) is 121 cm³/mol. The monoisotopic (exact) mass is 458 g/mol. The van der Waals surface area contributed by atoms with Gasteiger partial charge in [-0.05, 0) is 39.0 Å². The second-order valence-electron chi connectivity index (χ2n) is 7.27. The summed E-state index contributed by atoms with van der Waals surface area (Å²) in [5.41, 5.74) is 1.41. The van der Waals surface area contributed by atoms with Gasteiger partial charge in [-0.2, -0.15) is 5.10 Å². The third kappa shape index (κ3) is 5.44. The lowest BCUT2D eigenvalue weighted by Gasteiger charge is -2.15. The maximum Gasteiger partial charge on any atom is 0.312 e. The molecule has 2 heterocycles. The highest BCUT2D eigenvalue weighted by atomic mass is 32.1. The molecule has 1 atom stereocenters. The average molecular weight is 459 g/mol. The van der Waals surface area contributed by atoms with Gasteiger partial charge in [-0.1, -0.05) is 0 Å². The molecule has 170 valence electrons. The minimum atomic E-state index is -0.957. The Kier molecular flexibility index (Phi) is 7.47. The number of rotatable bonds is 9. The fourth-order valence-corrected chi connectivity index (χ4v) is 3.80. The second kappa shape index (κ2) is 10.3. The number of carbonyl (C=O) groups is 2. The van der Waals surface area contributed by atoms with Gasteiger partial charge in [0.1, 0.15) is 10.8 Å². The van der Waals surface area contributed by atoms with Crippen molar-refractivity contribution in [1.29, 1.82) is 0 Å². The summed E-state index contributed by atoms with van der Waals surface area (Å²) in [6.45, 7) is 5.44. The summed E-state index contributed by atoms with van der Waals surface area (Å²) in [6, 6.07) is 7.28. The first kappa shape index (κ1) is 23.3. The minimum absolute atomic E-state index is 0.0364. The lowest BCUT2D eigenvalue weighted by molar-refractivity contribution is -0.152. The molecule has 3 rings (SSSR count). The van der Waals surface area contributed by atoms with E-state index in [1.54, 1.807) is 42.6 Å². The zero-order chi connectivity index (χ0) is 23.3. The van der Waals surface area contributed by atoms with Gasteiger partial charge in [-0.3, -0.25) is 9.59 Å². The minimum Gasteiger partial charge on any atom is -0.493 e. The van der Waals surface area contributed by atoms with E-state index < -0.39 is 18.0 Å². The molecule has 0 aliphatic heterocycles. The molecule has 1 amide bonds. The van der Waals surface area contributed by atoms with Crippen LogP contribution in [0.1, 0.15) is 32.5 Å². The van der Waals surface area contributed by atoms with Gasteiger partial charge in [-0.15, -0.1) is 11.3 Å². The number of carbonyl (C=O) groups excluding carboxylic acids is 2. The van der Waals surface area contributed by atoms with Crippen molar-refractivity contribution in [1.82, 2.24) is 14.8 Å². The standard InChI is InChI=1S/C22H26N4O5S/c1-13(2)26-19(8-9-23-26)25-21(28)14(3)31-20(27)11-16-12-32-22(24-16)15-6-7-17(29-4)18(10-15)30-5/h6-10,12-14H,11H2,1-5H3,(H,25,28). The fraction of sp³-hybridized carbons (Fsp3) is 0.364. The molecular weight excluding hydrogens is 432 g/mol. The smallest absolute Gasteiger partial charge is 0.312 e. The molecule has 0 aliphatic carbocycles. The van der Waals surface area contributed by atoms with Gasteiger partial charge >= 0.3 is 5.97 Å². The number of aromatic nitrogens is 3. The van der Waals surface area contributed by atoms with Crippen molar-refractivity contribution in [3.63, 3.8) is 0 Å². The number of hydrogen-bond acceptors (Lipinski definition) is 8. The van der Waals surface area contributed by atoms with E-state index in [2.05, 4.69) is 15.4 Å². The highest BCUT2D eigenvalue weighted by molar-refractivity contribution is 7.13. The third-order valence-corrected chi connectivity index (χ3v) is 5.54. The summed E-state index contributed by atoms with van der Waals surface area (Å²) >= 11 is 1.41. The fourth-order valence-electron chi connectivity index (χ4n) is 2.98. The van der Waals surface area contributed by atoms with Crippen molar-refractivity contribution < 1.29 is 23.8 Å². The molecule has 1 N–H and O–H groups in total. The zero-order valence-corrected chi connectivity index (χ0v) is 19.4. The molecule has 0 saturated carbocycles. The lowest BCUT2D eigenvalue weighted by atomic mass is 10.2. The molecule has 0 aliphatic rings. The molecule has 1 aromatic carbocycles. The molecule has 10 heteroatoms. The van der Waals surface area contributed by atoms with Crippen molar-refractivity contribution in [3.8, 4) is 22.1 Å². The topological polar surface area (TPSA) is 105 Å². The first-order valence-electron chi connectivity index (χ1n) is 10.0. The quantitative estimate of drug-likeness (QED) is 0.487. The van der Waals surface area contributed by atoms with Crippen molar-refractivity contribution in [2.45, 2.75) is 39.3 Å². The van der Waals surface area contributed by atoms with E-state index in [0.717, 1.165) is 10.6 Å². The van der Waals surface area contributed by atoms with Crippen LogP contribution in [-0.2, 0) is 20.7 Å². The van der Waals surface area contributed by atoms with Gasteiger partial charge in [0.05, 0.1) is 32.5 Å². The van der Waals surface area contributed by atoms with Crippen LogP contribution in [0.25, 0.3) is 10.6 Å². The summed E-state index contributed by atoms with van der Waals surface area (Å²) in [5.74, 6) is 0.811. The molecule has 0 bridgehead atoms. The maximum atomic E-state index is 12.4. The first-order valence-corrected chi connectivity index (χ1v) is 10.9. The van der Waals surface area contributed by atoms with E-state index in [0.29, 0.717) is 23.0 Å². The van der Waals surface area contributed by atoms with Crippen LogP contribution in [0.3, 0.4) is 0 Å². The molecule has 3 aromatic rings. The van der Waals surface area contributed by atoms with E-state index >= 15 is 0 Å². The predicted octanol–water partition coefficient (Wildman–Crippen LogP) is 3.72. The molecule has 1 unspecified atom stereocenters. The Hall–Kier alpha value is -3.40. The zero-order valence-electron chi connectivity index (χ0n) is 18.6. The molecule has 32 heavy (non-hydrogen) atoms. The van der Waals surface area contributed by atoms with Crippen molar-refractivity contribution in [2.24, 2.45) is 0 Å². The van der Waals surface area contributed by atoms with Crippen LogP contribution in [0, 0.1) is 0 Å². The molecular formula is C22H26N4O5S. The summed E-state index contributed by atoms with van der Waals surface area (Å²) in [5, 5.41) is 9.43. The molecule has 0 spiro atoms. The van der Waals surface area contributed by atoms with E-state index in [1.165, 1.54) is 18.3 Å². The number of nitrogens with zero attached hydrogens (tertiary/aromatic N) is 3. The van der Waals surface area contributed by atoms with Gasteiger partial charge in [-0.25, -0.2) is 9.67 Å². The Morgan fingerprint density at radius 3 is 2.56 bits per heavy atom. The lowest BCUT2D eigenvalue weighted by Crippen LogP contribution is -2.31. The van der Waals surface area contributed by atoms with Crippen molar-refractivity contribution in [2.75, 3.05) is 19.5 Å². The van der Waals surface area contributed by atoms with Crippen LogP contribution < -0.4 is 14.8 Å². The highest BCUT2D eigenvalue weighted by Crippen LogP contribution is 2.33. The number of ether oxygens (including phenoxy) is 3. The molecule has 9 nitrogen and oxygen atoms in total. The van der Waals surface area contributed by atoms with Crippen LogP contribution in [-0.4, -0.2) is 47.0 Å². The van der Waals surface area contributed by atoms with E-state index in [9.17, 15) is 9.59 Å². The normalized spacial score (nSPS) is 11.8. The number of hydrogen-bond donors (Lipinski definition) is 1. The van der Waals surface area contributed by atoms with Crippen LogP contribution in [0.15, 0.2) is 35.8 Å². The Balaban J connectivity index is 1.59. The van der Waals surface area contributed by atoms with Crippen LogP contribution in [0.5, 0.6) is 11.5 Å². The second-order valence-corrected chi connectivity index (χ2v) is 8.12. The van der Waals surface area contributed by atoms with Gasteiger partial charge in [0.15, 0.2) is 17.6 Å². The maximum absolute atomic E-state index is 12.4. The van der Waals surface area contributed by atoms with Gasteiger partial charge in [0.25, 0.3) is 5.91 Å². The summed E-state index contributed by atoms with van der Waals surface area (Å²) in [6.07, 6.45) is 0.609. The number of methoxy groups -OCH3 is 2. The number of anilines is 1. The number of esters is 1. The average Bonchev–Trinajstić information content (AvgIpc) is 3.42. The van der Waals surface area contributed by atoms with Crippen LogP contribution in [0.4, 0.5) is 5.82 Å². The molecule has 0 saturated heterocycles. The Bertz CT molecular complexity index is 1090. The number of thiazole rings is 1. The Morgan fingerprint density at radius 2 is 1.88 bits per heavy atom. The summed E-state index contributed by atoms with van der Waals surface area (Å²) < 4.78 is 17.6. The van der Waals surface area contributed by atoms with E-state index in [-0.39, 0.29) is 12.5 Å². The van der Waals surface area contributed by atoms with Gasteiger partial charge in [0, 0.05) is 23.1 Å².